The molecule has 0 aromatic heterocycles. The standard InChI is InChI=1S/C22H24ClNOS/c1-16-13-20(22(2,3)26-15-18-7-5-4-6-8-18)24(21(16)25)14-17-9-11-19(23)12-10-17/h4-12,20H,1,13-15H2,2-3H3. The molecule has 2 nitrogen and oxygen atoms in total. The zero-order valence-corrected chi connectivity index (χ0v) is 16.8. The van der Waals surface area contributed by atoms with Gasteiger partial charge in [0.15, 0.2) is 0 Å². The van der Waals surface area contributed by atoms with Crippen LogP contribution in [-0.2, 0) is 17.1 Å². The number of hydrogen-bond acceptors (Lipinski definition) is 2. The highest BCUT2D eigenvalue weighted by atomic mass is 35.5. The molecule has 26 heavy (non-hydrogen) atoms. The van der Waals surface area contributed by atoms with Crippen LogP contribution in [0.15, 0.2) is 66.7 Å². The first-order valence-electron chi connectivity index (χ1n) is 8.78. The second-order valence-electron chi connectivity index (χ2n) is 7.26. The second-order valence-corrected chi connectivity index (χ2v) is 9.33. The molecule has 3 rings (SSSR count). The van der Waals surface area contributed by atoms with E-state index in [-0.39, 0.29) is 16.7 Å². The molecular formula is C22H24ClNOS. The van der Waals surface area contributed by atoms with Crippen LogP contribution in [0.4, 0.5) is 0 Å². The fraction of sp³-hybridized carbons (Fsp3) is 0.318. The van der Waals surface area contributed by atoms with Gasteiger partial charge in [0.25, 0.3) is 0 Å². The molecule has 1 unspecified atom stereocenters. The van der Waals surface area contributed by atoms with E-state index in [9.17, 15) is 4.79 Å². The molecule has 0 aliphatic carbocycles. The maximum atomic E-state index is 12.7. The highest BCUT2D eigenvalue weighted by Crippen LogP contribution is 2.41. The van der Waals surface area contributed by atoms with Crippen molar-refractivity contribution >= 4 is 29.3 Å². The Hall–Kier alpha value is -1.71. The summed E-state index contributed by atoms with van der Waals surface area (Å²) in [6, 6.07) is 18.3. The fourth-order valence-corrected chi connectivity index (χ4v) is 4.56. The number of benzene rings is 2. The molecule has 1 heterocycles. The molecule has 0 N–H and O–H groups in total. The number of thioether (sulfide) groups is 1. The van der Waals surface area contributed by atoms with Gasteiger partial charge < -0.3 is 4.90 Å². The molecule has 0 saturated carbocycles. The number of hydrogen-bond donors (Lipinski definition) is 0. The number of carbonyl (C=O) groups excluding carboxylic acids is 1. The average molecular weight is 386 g/mol. The maximum absolute atomic E-state index is 12.7. The summed E-state index contributed by atoms with van der Waals surface area (Å²) in [6.45, 7) is 9.05. The molecule has 0 radical (unpaired) electrons. The lowest BCUT2D eigenvalue weighted by atomic mass is 9.99. The van der Waals surface area contributed by atoms with Gasteiger partial charge in [-0.15, -0.1) is 11.8 Å². The highest BCUT2D eigenvalue weighted by Gasteiger charge is 2.43. The quantitative estimate of drug-likeness (QED) is 0.593. The number of halogens is 1. The Balaban J connectivity index is 1.75. The summed E-state index contributed by atoms with van der Waals surface area (Å²) >= 11 is 7.88. The summed E-state index contributed by atoms with van der Waals surface area (Å²) in [6.07, 6.45) is 0.723. The van der Waals surface area contributed by atoms with E-state index in [0.717, 1.165) is 17.7 Å². The maximum Gasteiger partial charge on any atom is 0.249 e. The van der Waals surface area contributed by atoms with Crippen LogP contribution in [0.1, 0.15) is 31.4 Å². The van der Waals surface area contributed by atoms with Crippen LogP contribution in [0.5, 0.6) is 0 Å². The smallest absolute Gasteiger partial charge is 0.249 e. The van der Waals surface area contributed by atoms with Gasteiger partial charge in [-0.3, -0.25) is 4.79 Å². The van der Waals surface area contributed by atoms with Crippen LogP contribution in [0.3, 0.4) is 0 Å². The van der Waals surface area contributed by atoms with Crippen molar-refractivity contribution in [3.63, 3.8) is 0 Å². The van der Waals surface area contributed by atoms with E-state index in [2.05, 4.69) is 44.7 Å². The van der Waals surface area contributed by atoms with Gasteiger partial charge in [0.05, 0.1) is 6.04 Å². The Bertz CT molecular complexity index is 786. The predicted molar refractivity (Wildman–Crippen MR) is 111 cm³/mol. The molecule has 4 heteroatoms. The average Bonchev–Trinajstić information content (AvgIpc) is 2.92. The normalized spacial score (nSPS) is 17.8. The van der Waals surface area contributed by atoms with E-state index < -0.39 is 0 Å². The molecule has 1 amide bonds. The molecule has 1 aliphatic rings. The molecular weight excluding hydrogens is 362 g/mol. The molecule has 136 valence electrons. The molecule has 1 atom stereocenters. The number of rotatable bonds is 6. The summed E-state index contributed by atoms with van der Waals surface area (Å²) in [4.78, 5) is 14.7. The van der Waals surface area contributed by atoms with Crippen molar-refractivity contribution < 1.29 is 4.79 Å². The minimum absolute atomic E-state index is 0.0679. The first-order chi connectivity index (χ1) is 12.4. The van der Waals surface area contributed by atoms with E-state index in [1.54, 1.807) is 0 Å². The number of amides is 1. The summed E-state index contributed by atoms with van der Waals surface area (Å²) in [5.74, 6) is 0.998. The first-order valence-corrected chi connectivity index (χ1v) is 10.1. The van der Waals surface area contributed by atoms with Gasteiger partial charge in [-0.2, -0.15) is 0 Å². The Morgan fingerprint density at radius 1 is 1.12 bits per heavy atom. The minimum atomic E-state index is -0.0721. The van der Waals surface area contributed by atoms with Crippen LogP contribution >= 0.6 is 23.4 Å². The highest BCUT2D eigenvalue weighted by molar-refractivity contribution is 7.99. The van der Waals surface area contributed by atoms with E-state index in [4.69, 9.17) is 11.6 Å². The lowest BCUT2D eigenvalue weighted by Crippen LogP contribution is -2.44. The monoisotopic (exact) mass is 385 g/mol. The lowest BCUT2D eigenvalue weighted by Gasteiger charge is -2.37. The van der Waals surface area contributed by atoms with Gasteiger partial charge in [-0.1, -0.05) is 60.6 Å². The van der Waals surface area contributed by atoms with Crippen molar-refractivity contribution in [1.82, 2.24) is 4.90 Å². The summed E-state index contributed by atoms with van der Waals surface area (Å²) < 4.78 is -0.0721. The van der Waals surface area contributed by atoms with Crippen LogP contribution in [0, 0.1) is 0 Å². The molecule has 2 aromatic carbocycles. The molecule has 2 aromatic rings. The number of carbonyl (C=O) groups is 1. The van der Waals surface area contributed by atoms with Crippen molar-refractivity contribution in [2.24, 2.45) is 0 Å². The van der Waals surface area contributed by atoms with Crippen LogP contribution in [0.25, 0.3) is 0 Å². The van der Waals surface area contributed by atoms with Crippen LogP contribution in [0.2, 0.25) is 5.02 Å². The summed E-state index contributed by atoms with van der Waals surface area (Å²) in [5, 5.41) is 0.709. The summed E-state index contributed by atoms with van der Waals surface area (Å²) in [7, 11) is 0. The van der Waals surface area contributed by atoms with Crippen molar-refractivity contribution in [2.45, 2.75) is 43.4 Å². The van der Waals surface area contributed by atoms with E-state index in [1.807, 2.05) is 47.0 Å². The SMILES string of the molecule is C=C1CC(C(C)(C)SCc2ccccc2)N(Cc2ccc(Cl)cc2)C1=O. The fourth-order valence-electron chi connectivity index (χ4n) is 3.30. The van der Waals surface area contributed by atoms with Gasteiger partial charge >= 0.3 is 0 Å². The van der Waals surface area contributed by atoms with E-state index >= 15 is 0 Å². The predicted octanol–water partition coefficient (Wildman–Crippen LogP) is 5.71. The topological polar surface area (TPSA) is 20.3 Å². The van der Waals surface area contributed by atoms with Crippen molar-refractivity contribution in [3.8, 4) is 0 Å². The van der Waals surface area contributed by atoms with Crippen molar-refractivity contribution in [2.75, 3.05) is 0 Å². The molecule has 1 saturated heterocycles. The Labute approximate surface area is 165 Å². The van der Waals surface area contributed by atoms with Gasteiger partial charge in [-0.25, -0.2) is 0 Å². The van der Waals surface area contributed by atoms with Crippen molar-refractivity contribution in [3.05, 3.63) is 82.9 Å². The van der Waals surface area contributed by atoms with Crippen molar-refractivity contribution in [1.29, 1.82) is 0 Å². The zero-order valence-electron chi connectivity index (χ0n) is 15.2. The zero-order chi connectivity index (χ0) is 18.7. The van der Waals surface area contributed by atoms with E-state index in [0.29, 0.717) is 17.1 Å². The van der Waals surface area contributed by atoms with Crippen LogP contribution in [-0.4, -0.2) is 21.6 Å². The third-order valence-corrected chi connectivity index (χ3v) is 6.65. The van der Waals surface area contributed by atoms with Gasteiger partial charge in [-0.05, 0) is 43.5 Å². The minimum Gasteiger partial charge on any atom is -0.330 e. The Kier molecular flexibility index (Phi) is 5.79. The molecule has 0 bridgehead atoms. The molecule has 1 fully saturated rings. The van der Waals surface area contributed by atoms with Gasteiger partial charge in [0.2, 0.25) is 5.91 Å². The third-order valence-electron chi connectivity index (χ3n) is 4.90. The molecule has 0 spiro atoms. The largest absolute Gasteiger partial charge is 0.330 e. The Morgan fingerprint density at radius 2 is 1.77 bits per heavy atom. The van der Waals surface area contributed by atoms with Gasteiger partial charge in [0, 0.05) is 27.6 Å². The molecule has 1 aliphatic heterocycles. The number of nitrogens with zero attached hydrogens (tertiary/aromatic N) is 1. The van der Waals surface area contributed by atoms with E-state index in [1.165, 1.54) is 5.56 Å². The number of likely N-dealkylation sites (tertiary alicyclic amines) is 1. The third kappa shape index (κ3) is 4.33. The van der Waals surface area contributed by atoms with Crippen LogP contribution < -0.4 is 0 Å². The van der Waals surface area contributed by atoms with Gasteiger partial charge in [0.1, 0.15) is 0 Å². The second kappa shape index (κ2) is 7.89. The first kappa shape index (κ1) is 19.1. The summed E-state index contributed by atoms with van der Waals surface area (Å²) in [5.41, 5.74) is 3.10. The lowest BCUT2D eigenvalue weighted by molar-refractivity contribution is -0.127. The Morgan fingerprint density at radius 3 is 2.42 bits per heavy atom.